The Morgan fingerprint density at radius 1 is 0.838 bits per heavy atom. The lowest BCUT2D eigenvalue weighted by atomic mass is 10.2. The first kappa shape index (κ1) is 45.6. The van der Waals surface area contributed by atoms with Crippen LogP contribution in [0.25, 0.3) is 0 Å². The molecular formula is C30H61F3O4. The summed E-state index contributed by atoms with van der Waals surface area (Å²) in [4.78, 5) is 0. The monoisotopic (exact) mass is 542 g/mol. The molecule has 1 fully saturated rings. The standard InChI is InChI=1S/C10H13FO.C7H14O.C6H12F2O.C4H10O.3CH4/c1-7(2)12-10-5-4-8(3)6-9(10)11;1-6(2)8-5-7-3-4-7;1-5(2)9-4-6(3,7)8;1-4(2)5-3;;;/h4-7H,1-3H3;6-7H,3-5H2,1-2H3;5H,4H2,1-3H3;4H,1-3H3;3*1H4. The lowest BCUT2D eigenvalue weighted by Gasteiger charge is -2.12. The van der Waals surface area contributed by atoms with Gasteiger partial charge in [0, 0.05) is 20.6 Å². The second kappa shape index (κ2) is 25.0. The predicted molar refractivity (Wildman–Crippen MR) is 155 cm³/mol. The maximum Gasteiger partial charge on any atom is 0.268 e. The Labute approximate surface area is 228 Å². The van der Waals surface area contributed by atoms with Crippen molar-refractivity contribution in [3.05, 3.63) is 29.6 Å². The van der Waals surface area contributed by atoms with Gasteiger partial charge in [0.2, 0.25) is 0 Å². The number of hydrogen-bond acceptors (Lipinski definition) is 4. The highest BCUT2D eigenvalue weighted by atomic mass is 19.3. The highest BCUT2D eigenvalue weighted by molar-refractivity contribution is 5.28. The van der Waals surface area contributed by atoms with Crippen LogP contribution in [-0.4, -0.2) is 50.7 Å². The van der Waals surface area contributed by atoms with Crippen LogP contribution in [0.3, 0.4) is 0 Å². The van der Waals surface area contributed by atoms with Gasteiger partial charge in [0.15, 0.2) is 11.6 Å². The molecule has 1 aromatic carbocycles. The summed E-state index contributed by atoms with van der Waals surface area (Å²) < 4.78 is 57.0. The number of ether oxygens (including phenoxy) is 4. The van der Waals surface area contributed by atoms with Crippen LogP contribution < -0.4 is 4.74 Å². The fourth-order valence-electron chi connectivity index (χ4n) is 1.88. The Morgan fingerprint density at radius 2 is 1.30 bits per heavy atom. The molecule has 0 atom stereocenters. The summed E-state index contributed by atoms with van der Waals surface area (Å²) >= 11 is 0. The number of benzene rings is 1. The summed E-state index contributed by atoms with van der Waals surface area (Å²) in [5.74, 6) is -1.73. The van der Waals surface area contributed by atoms with E-state index in [2.05, 4.69) is 18.6 Å². The Morgan fingerprint density at radius 3 is 1.57 bits per heavy atom. The molecule has 0 heterocycles. The van der Waals surface area contributed by atoms with Crippen LogP contribution in [0.5, 0.6) is 5.75 Å². The molecule has 0 unspecified atom stereocenters. The highest BCUT2D eigenvalue weighted by Gasteiger charge is 2.21. The van der Waals surface area contributed by atoms with Crippen LogP contribution in [0, 0.1) is 18.7 Å². The molecular weight excluding hydrogens is 481 g/mol. The topological polar surface area (TPSA) is 36.9 Å². The van der Waals surface area contributed by atoms with E-state index in [0.717, 1.165) is 25.0 Å². The first-order valence-electron chi connectivity index (χ1n) is 12.1. The highest BCUT2D eigenvalue weighted by Crippen LogP contribution is 2.29. The molecule has 0 aromatic heterocycles. The predicted octanol–water partition coefficient (Wildman–Crippen LogP) is 9.76. The molecule has 2 rings (SSSR count). The first-order valence-corrected chi connectivity index (χ1v) is 12.1. The van der Waals surface area contributed by atoms with Crippen molar-refractivity contribution < 1.29 is 32.1 Å². The van der Waals surface area contributed by atoms with Gasteiger partial charge in [-0.1, -0.05) is 28.3 Å². The van der Waals surface area contributed by atoms with Gasteiger partial charge >= 0.3 is 0 Å². The lowest BCUT2D eigenvalue weighted by molar-refractivity contribution is -0.0791. The van der Waals surface area contributed by atoms with Gasteiger partial charge in [0.05, 0.1) is 24.4 Å². The van der Waals surface area contributed by atoms with Crippen molar-refractivity contribution in [1.29, 1.82) is 0 Å². The zero-order valence-electron chi connectivity index (χ0n) is 23.2. The summed E-state index contributed by atoms with van der Waals surface area (Å²) in [6, 6.07) is 4.96. The third-order valence-electron chi connectivity index (χ3n) is 3.95. The van der Waals surface area contributed by atoms with Gasteiger partial charge < -0.3 is 18.9 Å². The normalized spacial score (nSPS) is 12.1. The summed E-state index contributed by atoms with van der Waals surface area (Å²) in [5, 5.41) is 0. The Balaban J connectivity index is -0.000000124. The van der Waals surface area contributed by atoms with Gasteiger partial charge in [0.25, 0.3) is 5.92 Å². The number of alkyl halides is 2. The maximum atomic E-state index is 13.1. The van der Waals surface area contributed by atoms with Crippen LogP contribution in [0.1, 0.15) is 103 Å². The minimum Gasteiger partial charge on any atom is -0.488 e. The minimum absolute atomic E-state index is 0. The zero-order chi connectivity index (χ0) is 26.9. The zero-order valence-corrected chi connectivity index (χ0v) is 23.2. The molecule has 0 aliphatic heterocycles. The van der Waals surface area contributed by atoms with E-state index < -0.39 is 12.5 Å². The second-order valence-corrected chi connectivity index (χ2v) is 9.64. The fourth-order valence-corrected chi connectivity index (χ4v) is 1.88. The average molecular weight is 543 g/mol. The number of aryl methyl sites for hydroxylation is 1. The molecule has 1 saturated carbocycles. The molecule has 4 nitrogen and oxygen atoms in total. The van der Waals surface area contributed by atoms with E-state index in [-0.39, 0.29) is 40.3 Å². The summed E-state index contributed by atoms with van der Waals surface area (Å²) in [6.07, 6.45) is 3.50. The van der Waals surface area contributed by atoms with E-state index in [1.165, 1.54) is 18.9 Å². The molecule has 1 aliphatic carbocycles. The molecule has 0 radical (unpaired) electrons. The van der Waals surface area contributed by atoms with Crippen LogP contribution in [0.2, 0.25) is 0 Å². The Kier molecular flexibility index (Phi) is 30.8. The van der Waals surface area contributed by atoms with Crippen molar-refractivity contribution in [2.75, 3.05) is 20.3 Å². The first-order chi connectivity index (χ1) is 15.6. The van der Waals surface area contributed by atoms with E-state index in [9.17, 15) is 13.2 Å². The molecule has 226 valence electrons. The summed E-state index contributed by atoms with van der Waals surface area (Å²) in [6.45, 7) is 18.6. The van der Waals surface area contributed by atoms with Crippen molar-refractivity contribution in [2.24, 2.45) is 5.92 Å². The quantitative estimate of drug-likeness (QED) is 0.311. The van der Waals surface area contributed by atoms with E-state index in [1.807, 2.05) is 40.7 Å². The number of hydrogen-bond donors (Lipinski definition) is 0. The van der Waals surface area contributed by atoms with E-state index in [0.29, 0.717) is 18.0 Å². The van der Waals surface area contributed by atoms with Gasteiger partial charge in [-0.15, -0.1) is 0 Å². The SMILES string of the molecule is C.C.C.CC(C)OCC(C)(F)F.CC(C)OCC1CC1.COC(C)C.Cc1ccc(OC(C)C)c(F)c1. The molecule has 0 saturated heterocycles. The molecule has 1 aliphatic rings. The van der Waals surface area contributed by atoms with Crippen molar-refractivity contribution in [3.8, 4) is 5.75 Å². The average Bonchev–Trinajstić information content (AvgIpc) is 3.52. The number of halogens is 3. The fraction of sp³-hybridized carbons (Fsp3) is 0.800. The van der Waals surface area contributed by atoms with Gasteiger partial charge in [-0.25, -0.2) is 13.2 Å². The van der Waals surface area contributed by atoms with Crippen molar-refractivity contribution in [3.63, 3.8) is 0 Å². The Bertz CT molecular complexity index is 609. The third-order valence-corrected chi connectivity index (χ3v) is 3.95. The van der Waals surface area contributed by atoms with Crippen molar-refractivity contribution >= 4 is 0 Å². The van der Waals surface area contributed by atoms with E-state index >= 15 is 0 Å². The van der Waals surface area contributed by atoms with Crippen LogP contribution in [0.15, 0.2) is 18.2 Å². The van der Waals surface area contributed by atoms with Crippen LogP contribution in [0.4, 0.5) is 13.2 Å². The van der Waals surface area contributed by atoms with Crippen molar-refractivity contribution in [1.82, 2.24) is 0 Å². The largest absolute Gasteiger partial charge is 0.488 e. The second-order valence-electron chi connectivity index (χ2n) is 9.64. The minimum atomic E-state index is -2.69. The van der Waals surface area contributed by atoms with Crippen LogP contribution in [-0.2, 0) is 14.2 Å². The molecule has 0 bridgehead atoms. The number of methoxy groups -OCH3 is 1. The smallest absolute Gasteiger partial charge is 0.268 e. The van der Waals surface area contributed by atoms with Crippen molar-refractivity contribution in [2.45, 2.75) is 135 Å². The lowest BCUT2D eigenvalue weighted by Crippen LogP contribution is -2.21. The maximum absolute atomic E-state index is 13.1. The molecule has 7 heteroatoms. The molecule has 1 aromatic rings. The Hall–Kier alpha value is -1.31. The van der Waals surface area contributed by atoms with Gasteiger partial charge in [0.1, 0.15) is 6.61 Å². The summed E-state index contributed by atoms with van der Waals surface area (Å²) in [5.41, 5.74) is 0.906. The molecule has 0 spiro atoms. The van der Waals surface area contributed by atoms with Gasteiger partial charge in [-0.3, -0.25) is 0 Å². The molecule has 0 amide bonds. The molecule has 37 heavy (non-hydrogen) atoms. The summed E-state index contributed by atoms with van der Waals surface area (Å²) in [7, 11) is 1.70. The van der Waals surface area contributed by atoms with Crippen LogP contribution >= 0.6 is 0 Å². The van der Waals surface area contributed by atoms with Gasteiger partial charge in [-0.05, 0) is 98.8 Å². The molecule has 0 N–H and O–H groups in total. The number of rotatable bonds is 9. The van der Waals surface area contributed by atoms with E-state index in [4.69, 9.17) is 14.2 Å². The van der Waals surface area contributed by atoms with Gasteiger partial charge in [-0.2, -0.15) is 0 Å². The van der Waals surface area contributed by atoms with E-state index in [1.54, 1.807) is 27.0 Å². The third kappa shape index (κ3) is 36.9.